The fourth-order valence-electron chi connectivity index (χ4n) is 5.34. The smallest absolute Gasteiger partial charge is 0.225 e. The van der Waals surface area contributed by atoms with Gasteiger partial charge in [0.1, 0.15) is 18.1 Å². The van der Waals surface area contributed by atoms with Crippen LogP contribution in [-0.2, 0) is 16.1 Å². The molecular weight excluding hydrogens is 576 g/mol. The molecule has 0 amide bonds. The van der Waals surface area contributed by atoms with Crippen molar-refractivity contribution in [3.63, 3.8) is 0 Å². The number of ether oxygens (including phenoxy) is 2. The molecule has 0 aliphatic carbocycles. The second kappa shape index (κ2) is 13.1. The van der Waals surface area contributed by atoms with Crippen LogP contribution in [0.5, 0.6) is 5.75 Å². The van der Waals surface area contributed by atoms with Gasteiger partial charge < -0.3 is 9.47 Å². The van der Waals surface area contributed by atoms with Gasteiger partial charge in [0.05, 0.1) is 23.6 Å². The number of hydrogen-bond donors (Lipinski definition) is 0. The molecule has 0 spiro atoms. The fraction of sp³-hybridized carbons (Fsp3) is 0.194. The molecule has 0 fully saturated rings. The highest BCUT2D eigenvalue weighted by molar-refractivity contribution is 6.43. The number of Topliss-reactive ketones (excluding diaryl/α,β-unsaturated/α-hetero) is 1. The first-order valence-corrected chi connectivity index (χ1v) is 14.6. The van der Waals surface area contributed by atoms with Crippen LogP contribution in [0.1, 0.15) is 46.8 Å². The van der Waals surface area contributed by atoms with Crippen LogP contribution in [0.4, 0.5) is 8.78 Å². The molecule has 0 bridgehead atoms. The maximum atomic E-state index is 14.4. The van der Waals surface area contributed by atoms with Gasteiger partial charge in [-0.05, 0) is 60.0 Å². The molecule has 7 nitrogen and oxygen atoms in total. The average Bonchev–Trinajstić information content (AvgIpc) is 3.22. The first-order valence-electron chi connectivity index (χ1n) is 14.6. The van der Waals surface area contributed by atoms with Crippen LogP contribution in [-0.4, -0.2) is 43.0 Å². The highest BCUT2D eigenvalue weighted by atomic mass is 19.2. The largest absolute Gasteiger partial charge is 0.498 e. The minimum Gasteiger partial charge on any atom is -0.498 e. The van der Waals surface area contributed by atoms with Gasteiger partial charge in [-0.25, -0.2) is 18.8 Å². The van der Waals surface area contributed by atoms with Gasteiger partial charge in [-0.15, -0.1) is 0 Å². The number of allylic oxidation sites excluding steroid dienone is 4. The van der Waals surface area contributed by atoms with E-state index < -0.39 is 17.4 Å². The van der Waals surface area contributed by atoms with E-state index in [1.54, 1.807) is 24.4 Å². The van der Waals surface area contributed by atoms with Gasteiger partial charge in [0.2, 0.25) is 5.78 Å². The van der Waals surface area contributed by atoms with E-state index in [2.05, 4.69) is 28.0 Å². The molecule has 0 aromatic heterocycles. The van der Waals surface area contributed by atoms with Crippen molar-refractivity contribution < 1.29 is 27.8 Å². The Balaban J connectivity index is 1.16. The summed E-state index contributed by atoms with van der Waals surface area (Å²) >= 11 is 0. The maximum Gasteiger partial charge on any atom is 0.225 e. The van der Waals surface area contributed by atoms with Crippen molar-refractivity contribution in [1.82, 2.24) is 0 Å². The number of hydrogen-bond acceptors (Lipinski definition) is 7. The van der Waals surface area contributed by atoms with E-state index in [0.29, 0.717) is 48.6 Å². The van der Waals surface area contributed by atoms with Crippen molar-refractivity contribution in [3.05, 3.63) is 130 Å². The molecule has 3 aromatic rings. The number of amidine groups is 1. The van der Waals surface area contributed by atoms with Crippen LogP contribution in [0.2, 0.25) is 0 Å². The number of nitrogens with zero attached hydrogens (tertiary/aromatic N) is 3. The van der Waals surface area contributed by atoms with Crippen molar-refractivity contribution in [2.75, 3.05) is 13.2 Å². The topological polar surface area (TPSA) is 89.7 Å². The lowest BCUT2D eigenvalue weighted by Crippen LogP contribution is -2.06. The van der Waals surface area contributed by atoms with E-state index in [0.717, 1.165) is 34.9 Å². The number of halogens is 2. The Morgan fingerprint density at radius 2 is 1.89 bits per heavy atom. The summed E-state index contributed by atoms with van der Waals surface area (Å²) in [5, 5.41) is 0. The number of carbonyl (C=O) groups is 2. The molecule has 9 heteroatoms. The van der Waals surface area contributed by atoms with Crippen molar-refractivity contribution in [2.45, 2.75) is 26.4 Å². The Morgan fingerprint density at radius 3 is 2.71 bits per heavy atom. The van der Waals surface area contributed by atoms with Crippen molar-refractivity contribution >= 4 is 35.4 Å². The second-order valence-corrected chi connectivity index (χ2v) is 10.9. The van der Waals surface area contributed by atoms with Crippen molar-refractivity contribution in [1.29, 1.82) is 0 Å². The number of carbonyl (C=O) groups excluding carboxylic acids is 2. The van der Waals surface area contributed by atoms with Gasteiger partial charge in [0, 0.05) is 37.1 Å². The number of aliphatic imine (C=N–C) groups is 3. The molecular formula is C36H29F2N3O4. The summed E-state index contributed by atoms with van der Waals surface area (Å²) in [6.07, 6.45) is 7.33. The van der Waals surface area contributed by atoms with Gasteiger partial charge in [-0.2, -0.15) is 0 Å². The van der Waals surface area contributed by atoms with Gasteiger partial charge in [0.25, 0.3) is 0 Å². The second-order valence-electron chi connectivity index (χ2n) is 10.9. The summed E-state index contributed by atoms with van der Waals surface area (Å²) < 4.78 is 40.3. The minimum atomic E-state index is -0.976. The molecule has 0 saturated heterocycles. The summed E-state index contributed by atoms with van der Waals surface area (Å²) in [7, 11) is 0. The monoisotopic (exact) mass is 605 g/mol. The van der Waals surface area contributed by atoms with E-state index in [9.17, 15) is 18.4 Å². The predicted octanol–water partition coefficient (Wildman–Crippen LogP) is 6.88. The summed E-state index contributed by atoms with van der Waals surface area (Å²) in [5.74, 6) is -0.901. The number of benzene rings is 3. The van der Waals surface area contributed by atoms with E-state index >= 15 is 0 Å². The standard InChI is InChI=1S/C36H29F2N3O4/c1-22-12-13-44-28(15-24-16-32-33(19-39-18-24)41-36(40-32)29-6-3-7-31(37)35(29)38)17-30(22)25-8-10-27(11-9-25)45-21-23-4-2-5-26(14-23)34(43)20-42/h2-11,14,16-17,19-20,24H,12-13,15,18,21H2,1H3. The van der Waals surface area contributed by atoms with Gasteiger partial charge in [-0.3, -0.25) is 14.6 Å². The number of ketones is 1. The van der Waals surface area contributed by atoms with Gasteiger partial charge in [0.15, 0.2) is 23.8 Å². The molecule has 226 valence electrons. The molecule has 3 aliphatic rings. The SMILES string of the molecule is CC1=C(c2ccc(OCc3cccc(C(=O)C=O)c3)cc2)C=C(CC2C=C3N=C(c4cccc(F)c4F)N=C3C=NC2)OCC1. The van der Waals surface area contributed by atoms with Crippen LogP contribution in [0, 0.1) is 17.6 Å². The maximum absolute atomic E-state index is 14.4. The van der Waals surface area contributed by atoms with Crippen molar-refractivity contribution in [2.24, 2.45) is 20.9 Å². The van der Waals surface area contributed by atoms with Crippen LogP contribution in [0.15, 0.2) is 111 Å². The summed E-state index contributed by atoms with van der Waals surface area (Å²) in [6, 6.07) is 18.6. The Kier molecular flexibility index (Phi) is 8.68. The minimum absolute atomic E-state index is 0.0122. The molecule has 3 heterocycles. The summed E-state index contributed by atoms with van der Waals surface area (Å²) in [4.78, 5) is 35.9. The van der Waals surface area contributed by atoms with Crippen LogP contribution in [0.3, 0.4) is 0 Å². The third kappa shape index (κ3) is 6.77. The Hall–Kier alpha value is -5.31. The van der Waals surface area contributed by atoms with Gasteiger partial charge in [-0.1, -0.05) is 48.0 Å². The molecule has 0 radical (unpaired) electrons. The Bertz CT molecular complexity index is 1850. The number of rotatable bonds is 9. The van der Waals surface area contributed by atoms with E-state index in [-0.39, 0.29) is 23.9 Å². The average molecular weight is 606 g/mol. The summed E-state index contributed by atoms with van der Waals surface area (Å²) in [5.41, 5.74) is 5.53. The zero-order chi connectivity index (χ0) is 31.3. The van der Waals surface area contributed by atoms with Crippen LogP contribution >= 0.6 is 0 Å². The van der Waals surface area contributed by atoms with E-state index in [1.807, 2.05) is 36.4 Å². The van der Waals surface area contributed by atoms with Gasteiger partial charge >= 0.3 is 0 Å². The van der Waals surface area contributed by atoms with Crippen molar-refractivity contribution in [3.8, 4) is 5.75 Å². The lowest BCUT2D eigenvalue weighted by molar-refractivity contribution is -0.104. The highest BCUT2D eigenvalue weighted by Crippen LogP contribution is 2.32. The molecule has 0 saturated carbocycles. The zero-order valence-electron chi connectivity index (χ0n) is 24.5. The number of fused-ring (bicyclic) bond motifs is 1. The normalized spacial score (nSPS) is 17.6. The molecule has 1 atom stereocenters. The Morgan fingerprint density at radius 1 is 1.07 bits per heavy atom. The molecule has 0 N–H and O–H groups in total. The highest BCUT2D eigenvalue weighted by Gasteiger charge is 2.24. The lowest BCUT2D eigenvalue weighted by atomic mass is 9.96. The van der Waals surface area contributed by atoms with Crippen LogP contribution in [0.25, 0.3) is 5.57 Å². The molecule has 1 unspecified atom stereocenters. The molecule has 6 rings (SSSR count). The third-order valence-corrected chi connectivity index (χ3v) is 7.74. The summed E-state index contributed by atoms with van der Waals surface area (Å²) in [6.45, 7) is 3.41. The lowest BCUT2D eigenvalue weighted by Gasteiger charge is -2.14. The number of aldehydes is 1. The van der Waals surface area contributed by atoms with E-state index in [4.69, 9.17) is 9.47 Å². The van der Waals surface area contributed by atoms with Crippen LogP contribution < -0.4 is 4.74 Å². The molecule has 3 aromatic carbocycles. The first-order chi connectivity index (χ1) is 21.9. The van der Waals surface area contributed by atoms with E-state index in [1.165, 1.54) is 17.7 Å². The molecule has 45 heavy (non-hydrogen) atoms. The third-order valence-electron chi connectivity index (χ3n) is 7.74. The predicted molar refractivity (Wildman–Crippen MR) is 169 cm³/mol. The quantitative estimate of drug-likeness (QED) is 0.151. The Labute approximate surface area is 259 Å². The zero-order valence-corrected chi connectivity index (χ0v) is 24.5. The first kappa shape index (κ1) is 29.7. The fourth-order valence-corrected chi connectivity index (χ4v) is 5.34. The molecule has 3 aliphatic heterocycles.